The zero-order valence-corrected chi connectivity index (χ0v) is 18.3. The van der Waals surface area contributed by atoms with Crippen LogP contribution in [-0.4, -0.2) is 70.3 Å². The maximum absolute atomic E-state index is 12.9. The molecule has 1 aromatic carbocycles. The van der Waals surface area contributed by atoms with Crippen LogP contribution in [0.4, 0.5) is 23.7 Å². The molecule has 0 aliphatic carbocycles. The minimum atomic E-state index is -4.34. The molecule has 1 saturated heterocycles. The van der Waals surface area contributed by atoms with E-state index in [1.165, 1.54) is 4.57 Å². The maximum Gasteiger partial charge on any atom is 0.406 e. The number of likely N-dealkylation sites (tertiary alicyclic amines) is 1. The second-order valence-electron chi connectivity index (χ2n) is 7.42. The number of fused-ring (bicyclic) bond motifs is 1. The number of aromatic nitrogens is 1. The highest BCUT2D eigenvalue weighted by atomic mass is 127. The molecular formula is C19H24F3IN4O3. The molecule has 1 unspecified atom stereocenters. The Balaban J connectivity index is 1.61. The van der Waals surface area contributed by atoms with Gasteiger partial charge in [0.25, 0.3) is 0 Å². The molecule has 0 spiro atoms. The standard InChI is InChI=1S/C19H24F3IN4O3/c20-19(21,22)11-27-16-3-1-2-15(14(16)8-17(27)23)25-18(30)24-12-4-6-26(7-5-12)9-13(29)10-28/h1-3,8,12-13,28-29H,4-7,9-11H2,(H2,24,25,30). The lowest BCUT2D eigenvalue weighted by atomic mass is 10.0. The zero-order valence-electron chi connectivity index (χ0n) is 16.1. The normalized spacial score (nSPS) is 17.3. The fourth-order valence-electron chi connectivity index (χ4n) is 3.66. The summed E-state index contributed by atoms with van der Waals surface area (Å²) in [5, 5.41) is 24.7. The van der Waals surface area contributed by atoms with Crippen LogP contribution in [0.25, 0.3) is 10.9 Å². The molecule has 2 amide bonds. The number of alkyl halides is 3. The highest BCUT2D eigenvalue weighted by molar-refractivity contribution is 14.1. The third-order valence-electron chi connectivity index (χ3n) is 5.08. The minimum Gasteiger partial charge on any atom is -0.394 e. The number of benzene rings is 1. The molecule has 0 saturated carbocycles. The number of amides is 2. The number of piperidine rings is 1. The molecule has 2 heterocycles. The lowest BCUT2D eigenvalue weighted by molar-refractivity contribution is -0.140. The third-order valence-corrected chi connectivity index (χ3v) is 5.98. The number of nitrogens with one attached hydrogen (secondary N) is 2. The van der Waals surface area contributed by atoms with Gasteiger partial charge in [-0.2, -0.15) is 13.2 Å². The van der Waals surface area contributed by atoms with E-state index >= 15 is 0 Å². The van der Waals surface area contributed by atoms with E-state index in [-0.39, 0.29) is 12.6 Å². The van der Waals surface area contributed by atoms with E-state index in [2.05, 4.69) is 10.6 Å². The predicted molar refractivity (Wildman–Crippen MR) is 115 cm³/mol. The van der Waals surface area contributed by atoms with Crippen LogP contribution >= 0.6 is 22.6 Å². The number of halogens is 4. The lowest BCUT2D eigenvalue weighted by Crippen LogP contribution is -2.47. The zero-order chi connectivity index (χ0) is 21.9. The van der Waals surface area contributed by atoms with Crippen LogP contribution < -0.4 is 10.6 Å². The highest BCUT2D eigenvalue weighted by Crippen LogP contribution is 2.30. The van der Waals surface area contributed by atoms with E-state index in [1.807, 2.05) is 27.5 Å². The Kier molecular flexibility index (Phi) is 7.47. The number of β-amino-alcohol motifs (C(OH)–C–C–N with tert-alkyl or cyclic N) is 1. The van der Waals surface area contributed by atoms with Gasteiger partial charge in [-0.1, -0.05) is 6.07 Å². The van der Waals surface area contributed by atoms with Crippen LogP contribution in [0.15, 0.2) is 24.3 Å². The van der Waals surface area contributed by atoms with Crippen molar-refractivity contribution in [1.29, 1.82) is 0 Å². The van der Waals surface area contributed by atoms with Crippen molar-refractivity contribution in [2.75, 3.05) is 31.6 Å². The predicted octanol–water partition coefficient (Wildman–Crippen LogP) is 2.75. The molecule has 4 N–H and O–H groups in total. The number of carbonyl (C=O) groups is 1. The third kappa shape index (κ3) is 5.99. The number of urea groups is 1. The number of aliphatic hydroxyl groups excluding tert-OH is 2. The largest absolute Gasteiger partial charge is 0.406 e. The Hall–Kier alpha value is -1.57. The first-order chi connectivity index (χ1) is 14.2. The monoisotopic (exact) mass is 540 g/mol. The van der Waals surface area contributed by atoms with Gasteiger partial charge < -0.3 is 30.3 Å². The number of nitrogens with zero attached hydrogens (tertiary/aromatic N) is 2. The van der Waals surface area contributed by atoms with Crippen LogP contribution in [0.3, 0.4) is 0 Å². The van der Waals surface area contributed by atoms with Gasteiger partial charge >= 0.3 is 12.2 Å². The smallest absolute Gasteiger partial charge is 0.394 e. The van der Waals surface area contributed by atoms with Crippen molar-refractivity contribution in [3.05, 3.63) is 28.0 Å². The van der Waals surface area contributed by atoms with Gasteiger partial charge in [-0.3, -0.25) is 0 Å². The molecule has 2 aromatic rings. The molecule has 30 heavy (non-hydrogen) atoms. The summed E-state index contributed by atoms with van der Waals surface area (Å²) in [6.07, 6.45) is -3.70. The van der Waals surface area contributed by atoms with Crippen LogP contribution in [0, 0.1) is 3.70 Å². The lowest BCUT2D eigenvalue weighted by Gasteiger charge is -2.33. The molecule has 0 radical (unpaired) electrons. The molecule has 0 bridgehead atoms. The van der Waals surface area contributed by atoms with Gasteiger partial charge in [-0.15, -0.1) is 0 Å². The average molecular weight is 540 g/mol. The van der Waals surface area contributed by atoms with E-state index in [4.69, 9.17) is 5.11 Å². The maximum atomic E-state index is 12.9. The van der Waals surface area contributed by atoms with Crippen molar-refractivity contribution in [3.63, 3.8) is 0 Å². The Bertz CT molecular complexity index is 882. The summed E-state index contributed by atoms with van der Waals surface area (Å²) in [4.78, 5) is 14.5. The van der Waals surface area contributed by atoms with E-state index < -0.39 is 24.9 Å². The van der Waals surface area contributed by atoms with Gasteiger partial charge in [0, 0.05) is 31.1 Å². The molecule has 3 rings (SSSR count). The minimum absolute atomic E-state index is 0.0401. The topological polar surface area (TPSA) is 89.8 Å². The van der Waals surface area contributed by atoms with Crippen molar-refractivity contribution in [2.45, 2.75) is 37.7 Å². The van der Waals surface area contributed by atoms with Gasteiger partial charge in [-0.25, -0.2) is 4.79 Å². The number of anilines is 1. The molecule has 11 heteroatoms. The van der Waals surface area contributed by atoms with Gasteiger partial charge in [0.1, 0.15) is 6.54 Å². The summed E-state index contributed by atoms with van der Waals surface area (Å²) in [6, 6.07) is 6.06. The summed E-state index contributed by atoms with van der Waals surface area (Å²) >= 11 is 1.86. The summed E-state index contributed by atoms with van der Waals surface area (Å²) < 4.78 is 40.3. The van der Waals surface area contributed by atoms with Gasteiger partial charge in [-0.05, 0) is 53.6 Å². The van der Waals surface area contributed by atoms with Crippen molar-refractivity contribution >= 4 is 45.2 Å². The molecule has 1 aromatic heterocycles. The van der Waals surface area contributed by atoms with Crippen molar-refractivity contribution in [1.82, 2.24) is 14.8 Å². The van der Waals surface area contributed by atoms with Crippen LogP contribution in [0.1, 0.15) is 12.8 Å². The van der Waals surface area contributed by atoms with Crippen molar-refractivity contribution < 1.29 is 28.2 Å². The second-order valence-corrected chi connectivity index (χ2v) is 8.52. The fourth-order valence-corrected chi connectivity index (χ4v) is 4.40. The Morgan fingerprint density at radius 3 is 2.63 bits per heavy atom. The summed E-state index contributed by atoms with van der Waals surface area (Å²) in [5.74, 6) is 0. The Morgan fingerprint density at radius 2 is 2.00 bits per heavy atom. The molecular weight excluding hydrogens is 516 g/mol. The van der Waals surface area contributed by atoms with Gasteiger partial charge in [0.2, 0.25) is 0 Å². The van der Waals surface area contributed by atoms with E-state index in [9.17, 15) is 23.1 Å². The van der Waals surface area contributed by atoms with E-state index in [0.717, 1.165) is 0 Å². The first-order valence-corrected chi connectivity index (χ1v) is 10.7. The van der Waals surface area contributed by atoms with Crippen molar-refractivity contribution in [3.8, 4) is 0 Å². The molecule has 7 nitrogen and oxygen atoms in total. The molecule has 1 fully saturated rings. The highest BCUT2D eigenvalue weighted by Gasteiger charge is 2.30. The molecule has 1 aliphatic heterocycles. The Labute approximate surface area is 185 Å². The summed E-state index contributed by atoms with van der Waals surface area (Å²) in [7, 11) is 0. The Morgan fingerprint density at radius 1 is 1.30 bits per heavy atom. The number of hydrogen-bond donors (Lipinski definition) is 4. The SMILES string of the molecule is O=C(Nc1cccc2c1cc(I)n2CC(F)(F)F)NC1CCN(CC(O)CO)CC1. The van der Waals surface area contributed by atoms with E-state index in [0.29, 0.717) is 52.8 Å². The van der Waals surface area contributed by atoms with Gasteiger partial charge in [0.15, 0.2) is 0 Å². The summed E-state index contributed by atoms with van der Waals surface area (Å²) in [6.45, 7) is 0.404. The summed E-state index contributed by atoms with van der Waals surface area (Å²) in [5.41, 5.74) is 0.859. The van der Waals surface area contributed by atoms with Crippen molar-refractivity contribution in [2.24, 2.45) is 0 Å². The number of carbonyl (C=O) groups excluding carboxylic acids is 1. The first kappa shape index (κ1) is 23.1. The van der Waals surface area contributed by atoms with Crippen LogP contribution in [0.2, 0.25) is 0 Å². The van der Waals surface area contributed by atoms with Crippen LogP contribution in [0.5, 0.6) is 0 Å². The number of rotatable bonds is 6. The quantitative estimate of drug-likeness (QED) is 0.425. The number of aliphatic hydroxyl groups is 2. The molecule has 1 atom stereocenters. The fraction of sp³-hybridized carbons (Fsp3) is 0.526. The molecule has 1 aliphatic rings. The first-order valence-electron chi connectivity index (χ1n) is 9.59. The van der Waals surface area contributed by atoms with Gasteiger partial charge in [0.05, 0.1) is 27.6 Å². The number of hydrogen-bond acceptors (Lipinski definition) is 4. The average Bonchev–Trinajstić information content (AvgIpc) is 2.98. The molecule has 166 valence electrons. The second kappa shape index (κ2) is 9.71. The van der Waals surface area contributed by atoms with E-state index in [1.54, 1.807) is 24.3 Å². The van der Waals surface area contributed by atoms with Crippen LogP contribution in [-0.2, 0) is 6.54 Å².